The smallest absolute Gasteiger partial charge is 0.306 e. The molecule has 1 aromatic carbocycles. The molecule has 0 radical (unpaired) electrons. The van der Waals surface area contributed by atoms with E-state index in [4.69, 9.17) is 4.74 Å². The van der Waals surface area contributed by atoms with Crippen LogP contribution >= 0.6 is 0 Å². The first-order chi connectivity index (χ1) is 7.09. The van der Waals surface area contributed by atoms with Crippen LogP contribution in [0.2, 0.25) is 0 Å². The maximum absolute atomic E-state index is 11.4. The van der Waals surface area contributed by atoms with E-state index in [0.29, 0.717) is 12.3 Å². The van der Waals surface area contributed by atoms with Gasteiger partial charge >= 0.3 is 5.97 Å². The van der Waals surface area contributed by atoms with E-state index in [1.807, 2.05) is 51.1 Å². The Morgan fingerprint density at radius 2 is 1.80 bits per heavy atom. The number of hydrogen-bond donors (Lipinski definition) is 0. The summed E-state index contributed by atoms with van der Waals surface area (Å²) in [4.78, 5) is 11.4. The molecule has 0 bridgehead atoms. The number of carbonyl (C=O) groups is 1. The normalized spacial score (nSPS) is 12.5. The Bertz CT molecular complexity index is 304. The molecule has 0 aliphatic rings. The molecule has 0 heterocycles. The van der Waals surface area contributed by atoms with Gasteiger partial charge < -0.3 is 4.74 Å². The van der Waals surface area contributed by atoms with E-state index < -0.39 is 0 Å². The van der Waals surface area contributed by atoms with Crippen LogP contribution in [0.4, 0.5) is 0 Å². The lowest BCUT2D eigenvalue weighted by Crippen LogP contribution is -2.10. The van der Waals surface area contributed by atoms with Gasteiger partial charge in [0.05, 0.1) is 0 Å². The Hall–Kier alpha value is -1.31. The average molecular weight is 206 g/mol. The van der Waals surface area contributed by atoms with Crippen LogP contribution < -0.4 is 0 Å². The molecule has 0 amide bonds. The van der Waals surface area contributed by atoms with Crippen LogP contribution in [-0.4, -0.2) is 5.97 Å². The van der Waals surface area contributed by atoms with E-state index in [2.05, 4.69) is 0 Å². The number of ether oxygens (including phenoxy) is 1. The first kappa shape index (κ1) is 11.8. The largest absolute Gasteiger partial charge is 0.458 e. The maximum atomic E-state index is 11.4. The molecule has 0 unspecified atom stereocenters. The van der Waals surface area contributed by atoms with Gasteiger partial charge in [0, 0.05) is 6.42 Å². The highest BCUT2D eigenvalue weighted by Crippen LogP contribution is 2.17. The second kappa shape index (κ2) is 5.54. The molecule has 0 aromatic heterocycles. The highest BCUT2D eigenvalue weighted by molar-refractivity contribution is 5.69. The average Bonchev–Trinajstić information content (AvgIpc) is 2.17. The zero-order chi connectivity index (χ0) is 11.3. The van der Waals surface area contributed by atoms with Crippen molar-refractivity contribution in [1.82, 2.24) is 0 Å². The second-order valence-electron chi connectivity index (χ2n) is 4.14. The van der Waals surface area contributed by atoms with Crippen molar-refractivity contribution in [2.24, 2.45) is 5.92 Å². The zero-order valence-corrected chi connectivity index (χ0v) is 9.57. The summed E-state index contributed by atoms with van der Waals surface area (Å²) in [7, 11) is 0. The molecule has 0 spiro atoms. The summed E-state index contributed by atoms with van der Waals surface area (Å²) in [6, 6.07) is 9.77. The molecule has 2 nitrogen and oxygen atoms in total. The SMILES string of the molecule is CC(C)CC(=O)O[C@H](C)c1ccccc1. The minimum absolute atomic E-state index is 0.124. The third-order valence-electron chi connectivity index (χ3n) is 2.15. The van der Waals surface area contributed by atoms with E-state index >= 15 is 0 Å². The molecule has 0 fully saturated rings. The summed E-state index contributed by atoms with van der Waals surface area (Å²) in [6.07, 6.45) is 0.328. The number of carbonyl (C=O) groups excluding carboxylic acids is 1. The molecule has 2 heteroatoms. The molecular weight excluding hydrogens is 188 g/mol. The topological polar surface area (TPSA) is 26.3 Å². The third kappa shape index (κ3) is 4.15. The Kier molecular flexibility index (Phi) is 4.35. The van der Waals surface area contributed by atoms with Crippen LogP contribution in [0.3, 0.4) is 0 Å². The van der Waals surface area contributed by atoms with Gasteiger partial charge in [-0.05, 0) is 18.4 Å². The summed E-state index contributed by atoms with van der Waals surface area (Å²) < 4.78 is 5.31. The Balaban J connectivity index is 2.49. The van der Waals surface area contributed by atoms with Crippen LogP contribution in [0.5, 0.6) is 0 Å². The predicted molar refractivity (Wildman–Crippen MR) is 60.4 cm³/mol. The van der Waals surface area contributed by atoms with Gasteiger partial charge in [-0.25, -0.2) is 0 Å². The molecule has 1 atom stereocenters. The highest BCUT2D eigenvalue weighted by Gasteiger charge is 2.12. The van der Waals surface area contributed by atoms with Gasteiger partial charge in [-0.2, -0.15) is 0 Å². The van der Waals surface area contributed by atoms with Gasteiger partial charge in [-0.3, -0.25) is 4.79 Å². The van der Waals surface area contributed by atoms with Crippen LogP contribution in [0.1, 0.15) is 38.9 Å². The van der Waals surface area contributed by atoms with Crippen molar-refractivity contribution in [3.63, 3.8) is 0 Å². The standard InChI is InChI=1S/C13H18O2/c1-10(2)9-13(14)15-11(3)12-7-5-4-6-8-12/h4-8,10-11H,9H2,1-3H3/t11-/m1/s1. The Labute approximate surface area is 91.3 Å². The van der Waals surface area contributed by atoms with Crippen molar-refractivity contribution in [2.75, 3.05) is 0 Å². The third-order valence-corrected chi connectivity index (χ3v) is 2.15. The van der Waals surface area contributed by atoms with Crippen LogP contribution in [0.25, 0.3) is 0 Å². The number of esters is 1. The summed E-state index contributed by atoms with van der Waals surface area (Å²) in [5.74, 6) is 0.224. The molecule has 15 heavy (non-hydrogen) atoms. The van der Waals surface area contributed by atoms with E-state index in [1.54, 1.807) is 0 Å². The van der Waals surface area contributed by atoms with E-state index in [0.717, 1.165) is 5.56 Å². The van der Waals surface area contributed by atoms with E-state index in [1.165, 1.54) is 0 Å². The fourth-order valence-corrected chi connectivity index (χ4v) is 1.37. The lowest BCUT2D eigenvalue weighted by molar-refractivity contribution is -0.149. The van der Waals surface area contributed by atoms with Crippen LogP contribution in [-0.2, 0) is 9.53 Å². The molecular formula is C13H18O2. The Morgan fingerprint density at radius 3 is 2.33 bits per heavy atom. The summed E-state index contributed by atoms with van der Waals surface area (Å²) in [6.45, 7) is 5.91. The van der Waals surface area contributed by atoms with Crippen molar-refractivity contribution >= 4 is 5.97 Å². The lowest BCUT2D eigenvalue weighted by atomic mass is 10.1. The number of benzene rings is 1. The minimum atomic E-state index is -0.155. The fraction of sp³-hybridized carbons (Fsp3) is 0.462. The maximum Gasteiger partial charge on any atom is 0.306 e. The van der Waals surface area contributed by atoms with Gasteiger partial charge in [0.1, 0.15) is 6.10 Å². The first-order valence-electron chi connectivity index (χ1n) is 5.34. The van der Waals surface area contributed by atoms with Gasteiger partial charge in [0.15, 0.2) is 0 Å². The molecule has 0 N–H and O–H groups in total. The van der Waals surface area contributed by atoms with Crippen molar-refractivity contribution < 1.29 is 9.53 Å². The van der Waals surface area contributed by atoms with Crippen LogP contribution in [0.15, 0.2) is 30.3 Å². The highest BCUT2D eigenvalue weighted by atomic mass is 16.5. The number of rotatable bonds is 4. The molecule has 0 saturated heterocycles. The molecule has 0 aliphatic carbocycles. The van der Waals surface area contributed by atoms with E-state index in [9.17, 15) is 4.79 Å². The molecule has 1 aromatic rings. The Morgan fingerprint density at radius 1 is 1.20 bits per heavy atom. The van der Waals surface area contributed by atoms with Gasteiger partial charge in [-0.1, -0.05) is 44.2 Å². The van der Waals surface area contributed by atoms with Crippen LogP contribution in [0, 0.1) is 5.92 Å². The quantitative estimate of drug-likeness (QED) is 0.706. The summed E-state index contributed by atoms with van der Waals surface area (Å²) >= 11 is 0. The van der Waals surface area contributed by atoms with Crippen molar-refractivity contribution in [2.45, 2.75) is 33.3 Å². The van der Waals surface area contributed by atoms with Crippen molar-refractivity contribution in [3.05, 3.63) is 35.9 Å². The van der Waals surface area contributed by atoms with Crippen molar-refractivity contribution in [3.8, 4) is 0 Å². The summed E-state index contributed by atoms with van der Waals surface area (Å²) in [5.41, 5.74) is 1.04. The van der Waals surface area contributed by atoms with Gasteiger partial charge in [-0.15, -0.1) is 0 Å². The fourth-order valence-electron chi connectivity index (χ4n) is 1.37. The predicted octanol–water partition coefficient (Wildman–Crippen LogP) is 3.34. The number of hydrogen-bond acceptors (Lipinski definition) is 2. The molecule has 0 saturated carbocycles. The lowest BCUT2D eigenvalue weighted by Gasteiger charge is -2.14. The molecule has 0 aliphatic heterocycles. The minimum Gasteiger partial charge on any atom is -0.458 e. The van der Waals surface area contributed by atoms with Crippen molar-refractivity contribution in [1.29, 1.82) is 0 Å². The second-order valence-corrected chi connectivity index (χ2v) is 4.14. The zero-order valence-electron chi connectivity index (χ0n) is 9.57. The molecule has 82 valence electrons. The van der Waals surface area contributed by atoms with E-state index in [-0.39, 0.29) is 12.1 Å². The summed E-state index contributed by atoms with van der Waals surface area (Å²) in [5, 5.41) is 0. The van der Waals surface area contributed by atoms with Gasteiger partial charge in [0.25, 0.3) is 0 Å². The monoisotopic (exact) mass is 206 g/mol. The molecule has 1 rings (SSSR count). The van der Waals surface area contributed by atoms with Gasteiger partial charge in [0.2, 0.25) is 0 Å². The first-order valence-corrected chi connectivity index (χ1v) is 5.34.